The molecule has 1 rings (SSSR count). The third-order valence-electron chi connectivity index (χ3n) is 12.0. The van der Waals surface area contributed by atoms with Crippen LogP contribution in [-0.2, 0) is 22.8 Å². The van der Waals surface area contributed by atoms with Crippen molar-refractivity contribution in [1.29, 1.82) is 0 Å². The number of hydrogen-bond donors (Lipinski definition) is 1. The van der Waals surface area contributed by atoms with Crippen LogP contribution in [0.4, 0.5) is 0 Å². The van der Waals surface area contributed by atoms with E-state index in [0.29, 0.717) is 12.3 Å². The topological polar surface area (TPSA) is 66.0 Å². The Hall–Kier alpha value is -0.559. The van der Waals surface area contributed by atoms with Gasteiger partial charge < -0.3 is 23.3 Å². The number of nitrogens with one attached hydrogen (secondary N) is 1. The molecule has 1 aliphatic carbocycles. The Morgan fingerprint density at radius 2 is 1.35 bits per heavy atom. The number of methoxy groups -OCH3 is 1. The molecule has 0 spiro atoms. The maximum atomic E-state index is 12.1. The van der Waals surface area contributed by atoms with Gasteiger partial charge in [-0.05, 0) is 92.4 Å². The van der Waals surface area contributed by atoms with Gasteiger partial charge in [-0.3, -0.25) is 4.79 Å². The average Bonchev–Trinajstić information content (AvgIpc) is 3.24. The van der Waals surface area contributed by atoms with Crippen molar-refractivity contribution in [3.8, 4) is 0 Å². The van der Waals surface area contributed by atoms with E-state index in [2.05, 4.69) is 138 Å². The normalized spacial score (nSPS) is 22.4. The first-order valence-electron chi connectivity index (χ1n) is 19.4. The zero-order chi connectivity index (χ0) is 37.9. The fourth-order valence-electron chi connectivity index (χ4n) is 5.62. The zero-order valence-corrected chi connectivity index (χ0v) is 38.3. The molecule has 49 heavy (non-hydrogen) atoms. The molecule has 0 radical (unpaired) electrons. The molecule has 1 aliphatic rings. The standard InChI is InChI=1S/C40H81NO5Si3/c1-18-19-22-25-32(44-47(12,13)38(2,3)4)28-29-34-33(26-23-20-21-24-27-37(42)41-31-43-11)35(45-48(14,15)39(5,6)7)30-36(34)46-49(16,17)40(8,9)10/h20,23,28-29,32-36H,18-19,21-22,24-27,30-31H2,1-17H3,(H,41,42)/t32-,33+,34+,35-,36+/m0/s1. The van der Waals surface area contributed by atoms with E-state index in [1.807, 2.05) is 0 Å². The summed E-state index contributed by atoms with van der Waals surface area (Å²) in [5.41, 5.74) is 0. The van der Waals surface area contributed by atoms with Crippen molar-refractivity contribution >= 4 is 30.9 Å². The largest absolute Gasteiger partial charge is 0.414 e. The zero-order valence-electron chi connectivity index (χ0n) is 35.3. The van der Waals surface area contributed by atoms with Gasteiger partial charge in [0, 0.05) is 19.4 Å². The fourth-order valence-corrected chi connectivity index (χ4v) is 9.67. The maximum Gasteiger partial charge on any atom is 0.221 e. The summed E-state index contributed by atoms with van der Waals surface area (Å²) in [6.45, 7) is 37.9. The predicted octanol–water partition coefficient (Wildman–Crippen LogP) is 11.8. The Kier molecular flexibility index (Phi) is 18.5. The van der Waals surface area contributed by atoms with E-state index in [1.165, 1.54) is 19.3 Å². The summed E-state index contributed by atoms with van der Waals surface area (Å²) in [6, 6.07) is 0. The van der Waals surface area contributed by atoms with Crippen LogP contribution in [0.1, 0.15) is 127 Å². The highest BCUT2D eigenvalue weighted by atomic mass is 28.4. The SMILES string of the molecule is CCCCC[C@@H](C=C[C@@H]1[C@@H](CC=CCCCC(=O)NCOC)[C@@H](O[Si](C)(C)C(C)(C)C)C[C@H]1O[Si](C)(C)C(C)(C)C)O[Si](C)(C)C(C)(C)C. The van der Waals surface area contributed by atoms with Crippen LogP contribution in [0.5, 0.6) is 0 Å². The number of hydrogen-bond acceptors (Lipinski definition) is 5. The van der Waals surface area contributed by atoms with Gasteiger partial charge in [0.05, 0.1) is 18.3 Å². The lowest BCUT2D eigenvalue weighted by molar-refractivity contribution is -0.122. The highest BCUT2D eigenvalue weighted by Crippen LogP contribution is 2.48. The lowest BCUT2D eigenvalue weighted by atomic mass is 9.89. The van der Waals surface area contributed by atoms with Crippen LogP contribution in [-0.4, -0.2) is 63.0 Å². The number of ether oxygens (including phenoxy) is 1. The van der Waals surface area contributed by atoms with Gasteiger partial charge in [0.25, 0.3) is 0 Å². The second-order valence-corrected chi connectivity index (χ2v) is 33.5. The fraction of sp³-hybridized carbons (Fsp3) is 0.875. The molecule has 0 heterocycles. The monoisotopic (exact) mass is 740 g/mol. The molecule has 1 amide bonds. The van der Waals surface area contributed by atoms with Crippen molar-refractivity contribution in [2.45, 2.75) is 200 Å². The highest BCUT2D eigenvalue weighted by Gasteiger charge is 2.50. The smallest absolute Gasteiger partial charge is 0.221 e. The Balaban J connectivity index is 3.55. The number of carbonyl (C=O) groups is 1. The molecule has 0 aliphatic heterocycles. The van der Waals surface area contributed by atoms with Crippen LogP contribution >= 0.6 is 0 Å². The molecule has 1 N–H and O–H groups in total. The summed E-state index contributed by atoms with van der Waals surface area (Å²) in [5, 5.41) is 3.19. The van der Waals surface area contributed by atoms with Crippen molar-refractivity contribution < 1.29 is 22.8 Å². The van der Waals surface area contributed by atoms with Gasteiger partial charge >= 0.3 is 0 Å². The van der Waals surface area contributed by atoms with Gasteiger partial charge in [-0.15, -0.1) is 0 Å². The lowest BCUT2D eigenvalue weighted by Gasteiger charge is -2.40. The van der Waals surface area contributed by atoms with E-state index in [0.717, 1.165) is 32.1 Å². The second-order valence-electron chi connectivity index (χ2n) is 19.2. The Morgan fingerprint density at radius 3 is 1.86 bits per heavy atom. The van der Waals surface area contributed by atoms with Crippen molar-refractivity contribution in [2.75, 3.05) is 13.8 Å². The van der Waals surface area contributed by atoms with Gasteiger partial charge in [0.1, 0.15) is 6.73 Å². The molecular formula is C40H81NO5Si3. The molecule has 0 bridgehead atoms. The van der Waals surface area contributed by atoms with E-state index < -0.39 is 25.0 Å². The van der Waals surface area contributed by atoms with E-state index >= 15 is 0 Å². The minimum absolute atomic E-state index is 0.0399. The van der Waals surface area contributed by atoms with Crippen molar-refractivity contribution in [1.82, 2.24) is 5.32 Å². The number of allylic oxidation sites excluding steroid dienone is 2. The summed E-state index contributed by atoms with van der Waals surface area (Å²) < 4.78 is 26.7. The van der Waals surface area contributed by atoms with E-state index in [9.17, 15) is 4.79 Å². The van der Waals surface area contributed by atoms with Gasteiger partial charge in [-0.2, -0.15) is 0 Å². The lowest BCUT2D eigenvalue weighted by Crippen LogP contribution is -2.45. The molecule has 288 valence electrons. The summed E-state index contributed by atoms with van der Waals surface area (Å²) in [5.74, 6) is 0.591. The van der Waals surface area contributed by atoms with Crippen LogP contribution in [0, 0.1) is 11.8 Å². The summed E-state index contributed by atoms with van der Waals surface area (Å²) in [6.07, 6.45) is 18.6. The second kappa shape index (κ2) is 19.5. The number of unbranched alkanes of at least 4 members (excludes halogenated alkanes) is 3. The molecule has 1 fully saturated rings. The average molecular weight is 740 g/mol. The van der Waals surface area contributed by atoms with Crippen molar-refractivity contribution in [2.24, 2.45) is 11.8 Å². The molecule has 0 saturated heterocycles. The minimum Gasteiger partial charge on any atom is -0.414 e. The third kappa shape index (κ3) is 15.1. The first-order valence-corrected chi connectivity index (χ1v) is 28.1. The maximum absolute atomic E-state index is 12.1. The molecule has 0 aromatic carbocycles. The van der Waals surface area contributed by atoms with Gasteiger partial charge in [0.15, 0.2) is 25.0 Å². The van der Waals surface area contributed by atoms with E-state index in [-0.39, 0.29) is 52.0 Å². The molecule has 0 unspecified atom stereocenters. The minimum atomic E-state index is -2.05. The quantitative estimate of drug-likeness (QED) is 0.0583. The number of rotatable bonds is 20. The summed E-state index contributed by atoms with van der Waals surface area (Å²) in [4.78, 5) is 12.1. The molecule has 1 saturated carbocycles. The Labute approximate surface area is 307 Å². The molecule has 9 heteroatoms. The van der Waals surface area contributed by atoms with Crippen molar-refractivity contribution in [3.63, 3.8) is 0 Å². The van der Waals surface area contributed by atoms with Crippen LogP contribution in [0.2, 0.25) is 54.4 Å². The summed E-state index contributed by atoms with van der Waals surface area (Å²) in [7, 11) is -4.45. The first kappa shape index (κ1) is 46.5. The number of amides is 1. The molecule has 6 nitrogen and oxygen atoms in total. The van der Waals surface area contributed by atoms with Crippen LogP contribution in [0.15, 0.2) is 24.3 Å². The highest BCUT2D eigenvalue weighted by molar-refractivity contribution is 6.75. The van der Waals surface area contributed by atoms with E-state index in [1.54, 1.807) is 7.11 Å². The predicted molar refractivity (Wildman–Crippen MR) is 219 cm³/mol. The molecular weight excluding hydrogens is 659 g/mol. The molecule has 0 aromatic rings. The molecule has 5 atom stereocenters. The van der Waals surface area contributed by atoms with E-state index in [4.69, 9.17) is 18.0 Å². The Morgan fingerprint density at radius 1 is 0.796 bits per heavy atom. The number of carbonyl (C=O) groups excluding carboxylic acids is 1. The Bertz CT molecular complexity index is 1040. The van der Waals surface area contributed by atoms with Crippen molar-refractivity contribution in [3.05, 3.63) is 24.3 Å². The van der Waals surface area contributed by atoms with Gasteiger partial charge in [-0.1, -0.05) is 113 Å². The third-order valence-corrected chi connectivity index (χ3v) is 25.5. The summed E-state index contributed by atoms with van der Waals surface area (Å²) >= 11 is 0. The van der Waals surface area contributed by atoms with Crippen LogP contribution < -0.4 is 5.32 Å². The molecule has 0 aromatic heterocycles. The van der Waals surface area contributed by atoms with Gasteiger partial charge in [0.2, 0.25) is 5.91 Å². The van der Waals surface area contributed by atoms with Crippen LogP contribution in [0.3, 0.4) is 0 Å². The van der Waals surface area contributed by atoms with Crippen LogP contribution in [0.25, 0.3) is 0 Å². The van der Waals surface area contributed by atoms with Gasteiger partial charge in [-0.25, -0.2) is 0 Å². The first-order chi connectivity index (χ1) is 22.3.